The van der Waals surface area contributed by atoms with E-state index in [4.69, 9.17) is 4.74 Å². The summed E-state index contributed by atoms with van der Waals surface area (Å²) >= 11 is 0. The third-order valence-electron chi connectivity index (χ3n) is 2.50. The topological polar surface area (TPSA) is 86.8 Å². The number of carbonyl (C=O) groups is 2. The number of carbonyl (C=O) groups excluding carboxylic acids is 2. The van der Waals surface area contributed by atoms with Crippen molar-refractivity contribution in [1.29, 1.82) is 0 Å². The zero-order valence-electron chi connectivity index (χ0n) is 13.7. The van der Waals surface area contributed by atoms with Gasteiger partial charge in [0.15, 0.2) is 5.69 Å². The third kappa shape index (κ3) is 5.00. The van der Waals surface area contributed by atoms with Crippen molar-refractivity contribution in [2.75, 3.05) is 19.5 Å². The quantitative estimate of drug-likeness (QED) is 0.842. The van der Waals surface area contributed by atoms with Gasteiger partial charge in [0.1, 0.15) is 11.2 Å². The molecule has 0 saturated heterocycles. The molecule has 0 atom stereocenters. The van der Waals surface area contributed by atoms with Gasteiger partial charge < -0.3 is 14.2 Å². The van der Waals surface area contributed by atoms with Crippen LogP contribution in [0.4, 0.5) is 23.7 Å². The van der Waals surface area contributed by atoms with Gasteiger partial charge in [-0.05, 0) is 26.8 Å². The number of esters is 1. The molecule has 1 aromatic heterocycles. The number of methoxy groups -OCH3 is 2. The molecule has 24 heavy (non-hydrogen) atoms. The van der Waals surface area contributed by atoms with E-state index in [9.17, 15) is 22.8 Å². The van der Waals surface area contributed by atoms with Crippen LogP contribution in [-0.4, -0.2) is 36.9 Å². The summed E-state index contributed by atoms with van der Waals surface area (Å²) in [4.78, 5) is 27.0. The third-order valence-corrected chi connectivity index (χ3v) is 2.50. The maximum absolute atomic E-state index is 13.1. The minimum absolute atomic E-state index is 0.510. The van der Waals surface area contributed by atoms with E-state index in [1.807, 2.05) is 0 Å². The van der Waals surface area contributed by atoms with Crippen molar-refractivity contribution >= 4 is 17.7 Å². The first-order valence-electron chi connectivity index (χ1n) is 6.63. The van der Waals surface area contributed by atoms with Crippen LogP contribution in [-0.2, 0) is 15.7 Å². The van der Waals surface area contributed by atoms with Crippen molar-refractivity contribution in [2.45, 2.75) is 32.5 Å². The summed E-state index contributed by atoms with van der Waals surface area (Å²) in [6.45, 7) is 4.71. The highest BCUT2D eigenvalue weighted by Gasteiger charge is 2.37. The van der Waals surface area contributed by atoms with E-state index in [2.05, 4.69) is 19.8 Å². The van der Waals surface area contributed by atoms with Gasteiger partial charge in [0.05, 0.1) is 19.9 Å². The molecule has 0 unspecified atom stereocenters. The monoisotopic (exact) mass is 350 g/mol. The second-order valence-corrected chi connectivity index (χ2v) is 5.56. The standard InChI is InChI=1S/C14H17F3N2O5/c1-13(2,3)24-12(21)18-8-6-7(14(15,16)17)10(22-4)19-9(8)11(20)23-5/h6H,1-5H3,(H,18,21). The molecule has 0 bridgehead atoms. The zero-order chi connectivity index (χ0) is 18.7. The summed E-state index contributed by atoms with van der Waals surface area (Å²) in [6, 6.07) is 0.530. The number of rotatable bonds is 3. The highest BCUT2D eigenvalue weighted by molar-refractivity contribution is 5.98. The van der Waals surface area contributed by atoms with E-state index in [0.717, 1.165) is 14.2 Å². The fourth-order valence-corrected chi connectivity index (χ4v) is 1.62. The summed E-state index contributed by atoms with van der Waals surface area (Å²) in [7, 11) is 1.99. The van der Waals surface area contributed by atoms with Crippen molar-refractivity contribution in [3.63, 3.8) is 0 Å². The number of halogens is 3. The molecule has 1 N–H and O–H groups in total. The molecule has 0 aliphatic heterocycles. The molecule has 0 spiro atoms. The van der Waals surface area contributed by atoms with Crippen LogP contribution in [0.1, 0.15) is 36.8 Å². The number of pyridine rings is 1. The molecule has 1 rings (SSSR count). The van der Waals surface area contributed by atoms with Gasteiger partial charge in [-0.15, -0.1) is 0 Å². The van der Waals surface area contributed by atoms with Gasteiger partial charge >= 0.3 is 18.2 Å². The van der Waals surface area contributed by atoms with E-state index in [0.29, 0.717) is 6.07 Å². The molecule has 0 fully saturated rings. The smallest absolute Gasteiger partial charge is 0.421 e. The number of hydrogen-bond donors (Lipinski definition) is 1. The Kier molecular flexibility index (Phi) is 5.64. The Labute approximate surface area is 136 Å². The summed E-state index contributed by atoms with van der Waals surface area (Å²) in [6.07, 6.45) is -5.86. The van der Waals surface area contributed by atoms with Crippen LogP contribution in [0.5, 0.6) is 5.88 Å². The lowest BCUT2D eigenvalue weighted by Gasteiger charge is -2.21. The molecule has 0 aromatic carbocycles. The van der Waals surface area contributed by atoms with Crippen LogP contribution < -0.4 is 10.1 Å². The van der Waals surface area contributed by atoms with Crippen molar-refractivity contribution in [1.82, 2.24) is 4.98 Å². The fourth-order valence-electron chi connectivity index (χ4n) is 1.62. The van der Waals surface area contributed by atoms with Gasteiger partial charge in [-0.3, -0.25) is 5.32 Å². The molecule has 7 nitrogen and oxygen atoms in total. The SMILES string of the molecule is COC(=O)c1nc(OC)c(C(F)(F)F)cc1NC(=O)OC(C)(C)C. The fraction of sp³-hybridized carbons (Fsp3) is 0.500. The minimum atomic E-state index is -4.81. The minimum Gasteiger partial charge on any atom is -0.481 e. The number of anilines is 1. The van der Waals surface area contributed by atoms with Gasteiger partial charge in [0, 0.05) is 0 Å². The number of aromatic nitrogens is 1. The Morgan fingerprint density at radius 1 is 1.17 bits per heavy atom. The van der Waals surface area contributed by atoms with Crippen LogP contribution in [0.2, 0.25) is 0 Å². The molecule has 0 saturated carbocycles. The molecule has 0 radical (unpaired) electrons. The van der Waals surface area contributed by atoms with Crippen LogP contribution in [0.25, 0.3) is 0 Å². The number of ether oxygens (including phenoxy) is 3. The Hall–Kier alpha value is -2.52. The molecule has 1 heterocycles. The molecule has 1 aromatic rings. The Bertz CT molecular complexity index is 639. The molecule has 1 amide bonds. The zero-order valence-corrected chi connectivity index (χ0v) is 13.7. The largest absolute Gasteiger partial charge is 0.481 e. The van der Waals surface area contributed by atoms with Crippen molar-refractivity contribution < 1.29 is 37.0 Å². The van der Waals surface area contributed by atoms with Gasteiger partial charge in [-0.2, -0.15) is 13.2 Å². The number of alkyl halides is 3. The number of hydrogen-bond acceptors (Lipinski definition) is 6. The molecule has 134 valence electrons. The molecular formula is C14H17F3N2O5. The molecule has 0 aliphatic rings. The first-order valence-corrected chi connectivity index (χ1v) is 6.63. The molecule has 10 heteroatoms. The molecular weight excluding hydrogens is 333 g/mol. The predicted octanol–water partition coefficient (Wildman–Crippen LogP) is 3.24. The normalized spacial score (nSPS) is 11.7. The van der Waals surface area contributed by atoms with Crippen LogP contribution in [0, 0.1) is 0 Å². The van der Waals surface area contributed by atoms with E-state index >= 15 is 0 Å². The summed E-state index contributed by atoms with van der Waals surface area (Å²) in [5.41, 5.74) is -3.21. The lowest BCUT2D eigenvalue weighted by molar-refractivity contribution is -0.139. The highest BCUT2D eigenvalue weighted by atomic mass is 19.4. The average Bonchev–Trinajstić information content (AvgIpc) is 2.42. The van der Waals surface area contributed by atoms with Crippen LogP contribution >= 0.6 is 0 Å². The first-order chi connectivity index (χ1) is 10.9. The van der Waals surface area contributed by atoms with Gasteiger partial charge in [0.2, 0.25) is 5.88 Å². The van der Waals surface area contributed by atoms with Crippen LogP contribution in [0.15, 0.2) is 6.07 Å². The first kappa shape index (κ1) is 19.5. The second kappa shape index (κ2) is 6.93. The predicted molar refractivity (Wildman–Crippen MR) is 77.0 cm³/mol. The lowest BCUT2D eigenvalue weighted by atomic mass is 10.2. The van der Waals surface area contributed by atoms with E-state index in [1.165, 1.54) is 0 Å². The average molecular weight is 350 g/mol. The van der Waals surface area contributed by atoms with Crippen molar-refractivity contribution in [2.24, 2.45) is 0 Å². The lowest BCUT2D eigenvalue weighted by Crippen LogP contribution is -2.28. The van der Waals surface area contributed by atoms with Crippen molar-refractivity contribution in [3.8, 4) is 5.88 Å². The van der Waals surface area contributed by atoms with Gasteiger partial charge in [-0.25, -0.2) is 14.6 Å². The Balaban J connectivity index is 3.38. The number of amides is 1. The van der Waals surface area contributed by atoms with Gasteiger partial charge in [-0.1, -0.05) is 0 Å². The van der Waals surface area contributed by atoms with E-state index in [1.54, 1.807) is 20.8 Å². The van der Waals surface area contributed by atoms with E-state index < -0.39 is 46.7 Å². The van der Waals surface area contributed by atoms with Gasteiger partial charge in [0.25, 0.3) is 0 Å². The molecule has 0 aliphatic carbocycles. The van der Waals surface area contributed by atoms with E-state index in [-0.39, 0.29) is 0 Å². The second-order valence-electron chi connectivity index (χ2n) is 5.56. The Morgan fingerprint density at radius 2 is 1.75 bits per heavy atom. The van der Waals surface area contributed by atoms with Crippen LogP contribution in [0.3, 0.4) is 0 Å². The maximum atomic E-state index is 13.1. The number of nitrogens with one attached hydrogen (secondary N) is 1. The van der Waals surface area contributed by atoms with Crippen molar-refractivity contribution in [3.05, 3.63) is 17.3 Å². The summed E-state index contributed by atoms with van der Waals surface area (Å²) in [5, 5.41) is 2.07. The number of nitrogens with zero attached hydrogens (tertiary/aromatic N) is 1. The summed E-state index contributed by atoms with van der Waals surface area (Å²) < 4.78 is 53.1. The Morgan fingerprint density at radius 3 is 2.17 bits per heavy atom. The maximum Gasteiger partial charge on any atom is 0.421 e. The highest BCUT2D eigenvalue weighted by Crippen LogP contribution is 2.37. The summed E-state index contributed by atoms with van der Waals surface area (Å²) in [5.74, 6) is -1.87.